The van der Waals surface area contributed by atoms with Crippen molar-refractivity contribution in [3.8, 4) is 0 Å². The predicted octanol–water partition coefficient (Wildman–Crippen LogP) is 3.40. The zero-order valence-corrected chi connectivity index (χ0v) is 14.4. The van der Waals surface area contributed by atoms with Crippen molar-refractivity contribution in [1.82, 2.24) is 9.44 Å². The SMILES string of the molecule is O=C(NSSCc1ccco1)C(=O)NSSCc1ccco1. The van der Waals surface area contributed by atoms with E-state index in [1.165, 1.54) is 21.6 Å². The van der Waals surface area contributed by atoms with Gasteiger partial charge in [-0.2, -0.15) is 0 Å². The molecule has 2 N–H and O–H groups in total. The Balaban J connectivity index is 1.51. The third-order valence-electron chi connectivity index (χ3n) is 2.16. The van der Waals surface area contributed by atoms with Gasteiger partial charge in [0.05, 0.1) is 24.0 Å². The molecule has 2 rings (SSSR count). The first-order valence-corrected chi connectivity index (χ1v) is 10.6. The van der Waals surface area contributed by atoms with E-state index in [0.717, 1.165) is 33.5 Å². The van der Waals surface area contributed by atoms with Gasteiger partial charge in [0.2, 0.25) is 0 Å². The first-order chi connectivity index (χ1) is 10.8. The standard InChI is InChI=1S/C12H12N2O4S4/c15-11(13-21-19-7-9-3-1-5-17-9)12(16)14-22-20-8-10-4-2-6-18-10/h1-6H,7-8H2,(H,13,15)(H,14,16). The highest BCUT2D eigenvalue weighted by Gasteiger charge is 2.13. The lowest BCUT2D eigenvalue weighted by atomic mass is 10.5. The quantitative estimate of drug-likeness (QED) is 0.314. The fourth-order valence-corrected chi connectivity index (χ4v) is 4.18. The highest BCUT2D eigenvalue weighted by molar-refractivity contribution is 8.76. The van der Waals surface area contributed by atoms with Crippen LogP contribution in [-0.2, 0) is 21.1 Å². The second-order valence-electron chi connectivity index (χ2n) is 3.71. The van der Waals surface area contributed by atoms with Crippen LogP contribution in [0.15, 0.2) is 45.6 Å². The summed E-state index contributed by atoms with van der Waals surface area (Å²) in [5, 5.41) is 0. The van der Waals surface area contributed by atoms with Crippen molar-refractivity contribution in [3.05, 3.63) is 48.3 Å². The Bertz CT molecular complexity index is 522. The molecule has 6 nitrogen and oxygen atoms in total. The van der Waals surface area contributed by atoms with Crippen LogP contribution in [0, 0.1) is 0 Å². The van der Waals surface area contributed by atoms with Crippen molar-refractivity contribution in [2.45, 2.75) is 11.5 Å². The van der Waals surface area contributed by atoms with Gasteiger partial charge in [-0.15, -0.1) is 0 Å². The Hall–Kier alpha value is -1.10. The molecule has 2 heterocycles. The van der Waals surface area contributed by atoms with E-state index in [1.54, 1.807) is 24.7 Å². The Morgan fingerprint density at radius 2 is 1.32 bits per heavy atom. The Kier molecular flexibility index (Phi) is 7.71. The first kappa shape index (κ1) is 17.3. The van der Waals surface area contributed by atoms with Gasteiger partial charge in [-0.1, -0.05) is 21.6 Å². The summed E-state index contributed by atoms with van der Waals surface area (Å²) in [5.41, 5.74) is 0. The van der Waals surface area contributed by atoms with Crippen molar-refractivity contribution in [1.29, 1.82) is 0 Å². The van der Waals surface area contributed by atoms with Crippen LogP contribution in [-0.4, -0.2) is 11.8 Å². The maximum absolute atomic E-state index is 11.5. The van der Waals surface area contributed by atoms with Gasteiger partial charge in [-0.25, -0.2) is 0 Å². The average Bonchev–Trinajstić information content (AvgIpc) is 3.20. The number of hydrogen-bond donors (Lipinski definition) is 2. The van der Waals surface area contributed by atoms with Crippen LogP contribution in [0.2, 0.25) is 0 Å². The summed E-state index contributed by atoms with van der Waals surface area (Å²) >= 11 is 0. The molecule has 0 bridgehead atoms. The number of furan rings is 2. The van der Waals surface area contributed by atoms with Crippen molar-refractivity contribution in [2.24, 2.45) is 0 Å². The number of rotatable bonds is 8. The normalized spacial score (nSPS) is 10.4. The molecule has 0 fully saturated rings. The molecule has 0 saturated carbocycles. The minimum absolute atomic E-state index is 0.604. The fraction of sp³-hybridized carbons (Fsp3) is 0.167. The Labute approximate surface area is 143 Å². The van der Waals surface area contributed by atoms with Gasteiger partial charge in [0.1, 0.15) is 11.5 Å². The summed E-state index contributed by atoms with van der Waals surface area (Å²) in [4.78, 5) is 23.0. The maximum atomic E-state index is 11.5. The Morgan fingerprint density at radius 1 is 0.864 bits per heavy atom. The second-order valence-corrected chi connectivity index (χ2v) is 7.92. The molecule has 0 unspecified atom stereocenters. The fourth-order valence-electron chi connectivity index (χ4n) is 1.19. The highest BCUT2D eigenvalue weighted by Crippen LogP contribution is 2.24. The topological polar surface area (TPSA) is 84.5 Å². The van der Waals surface area contributed by atoms with Gasteiger partial charge in [0, 0.05) is 22.0 Å². The summed E-state index contributed by atoms with van der Waals surface area (Å²) in [6, 6.07) is 7.28. The van der Waals surface area contributed by atoms with E-state index in [9.17, 15) is 9.59 Å². The van der Waals surface area contributed by atoms with Crippen LogP contribution >= 0.6 is 43.5 Å². The molecular weight excluding hydrogens is 364 g/mol. The van der Waals surface area contributed by atoms with Crippen LogP contribution in [0.5, 0.6) is 0 Å². The predicted molar refractivity (Wildman–Crippen MR) is 91.5 cm³/mol. The molecular formula is C12H12N2O4S4. The average molecular weight is 377 g/mol. The third-order valence-corrected chi connectivity index (χ3v) is 5.65. The summed E-state index contributed by atoms with van der Waals surface area (Å²) in [6.45, 7) is 0. The third kappa shape index (κ3) is 6.34. The second kappa shape index (κ2) is 9.82. The maximum Gasteiger partial charge on any atom is 0.320 e. The van der Waals surface area contributed by atoms with Gasteiger partial charge in [-0.3, -0.25) is 19.0 Å². The van der Waals surface area contributed by atoms with E-state index in [4.69, 9.17) is 8.83 Å². The highest BCUT2D eigenvalue weighted by atomic mass is 33.1. The molecule has 0 aliphatic carbocycles. The number of amides is 2. The molecule has 0 saturated heterocycles. The van der Waals surface area contributed by atoms with E-state index >= 15 is 0 Å². The lowest BCUT2D eigenvalue weighted by Crippen LogP contribution is -2.32. The van der Waals surface area contributed by atoms with E-state index in [1.807, 2.05) is 12.1 Å². The first-order valence-electron chi connectivity index (χ1n) is 5.97. The minimum Gasteiger partial charge on any atom is -0.468 e. The van der Waals surface area contributed by atoms with Crippen LogP contribution in [0.3, 0.4) is 0 Å². The largest absolute Gasteiger partial charge is 0.468 e. The molecule has 0 aromatic carbocycles. The molecule has 0 radical (unpaired) electrons. The van der Waals surface area contributed by atoms with E-state index < -0.39 is 11.8 Å². The smallest absolute Gasteiger partial charge is 0.320 e. The van der Waals surface area contributed by atoms with Crippen molar-refractivity contribution in [3.63, 3.8) is 0 Å². The van der Waals surface area contributed by atoms with Gasteiger partial charge < -0.3 is 8.83 Å². The molecule has 0 aliphatic rings. The zero-order valence-electron chi connectivity index (χ0n) is 11.1. The molecule has 22 heavy (non-hydrogen) atoms. The van der Waals surface area contributed by atoms with Crippen LogP contribution in [0.4, 0.5) is 0 Å². The van der Waals surface area contributed by atoms with Crippen molar-refractivity contribution in [2.75, 3.05) is 0 Å². The molecule has 2 aromatic rings. The van der Waals surface area contributed by atoms with E-state index in [2.05, 4.69) is 9.44 Å². The van der Waals surface area contributed by atoms with Gasteiger partial charge in [0.25, 0.3) is 0 Å². The van der Waals surface area contributed by atoms with Crippen LogP contribution < -0.4 is 9.44 Å². The summed E-state index contributed by atoms with van der Waals surface area (Å²) in [7, 11) is 4.92. The van der Waals surface area contributed by atoms with Crippen LogP contribution in [0.25, 0.3) is 0 Å². The number of carbonyl (C=O) groups excluding carboxylic acids is 2. The summed E-state index contributed by atoms with van der Waals surface area (Å²) in [5.74, 6) is 1.44. The van der Waals surface area contributed by atoms with Crippen molar-refractivity contribution >= 4 is 55.4 Å². The lowest BCUT2D eigenvalue weighted by molar-refractivity contribution is -0.136. The minimum atomic E-state index is -0.692. The summed E-state index contributed by atoms with van der Waals surface area (Å²) < 4.78 is 15.2. The van der Waals surface area contributed by atoms with Gasteiger partial charge >= 0.3 is 11.8 Å². The number of carbonyl (C=O) groups is 2. The zero-order chi connectivity index (χ0) is 15.6. The van der Waals surface area contributed by atoms with Crippen molar-refractivity contribution < 1.29 is 18.4 Å². The van der Waals surface area contributed by atoms with E-state index in [-0.39, 0.29) is 0 Å². The van der Waals surface area contributed by atoms with Gasteiger partial charge in [-0.05, 0) is 24.3 Å². The molecule has 0 atom stereocenters. The molecule has 2 amide bonds. The number of nitrogens with one attached hydrogen (secondary N) is 2. The van der Waals surface area contributed by atoms with E-state index in [0.29, 0.717) is 11.5 Å². The van der Waals surface area contributed by atoms with Gasteiger partial charge in [0.15, 0.2) is 0 Å². The molecule has 118 valence electrons. The molecule has 2 aromatic heterocycles. The monoisotopic (exact) mass is 376 g/mol. The molecule has 0 aliphatic heterocycles. The number of hydrogen-bond acceptors (Lipinski definition) is 8. The molecule has 0 spiro atoms. The Morgan fingerprint density at radius 3 is 1.68 bits per heavy atom. The lowest BCUT2D eigenvalue weighted by Gasteiger charge is -2.03. The summed E-state index contributed by atoms with van der Waals surface area (Å²) in [6.07, 6.45) is 3.18. The van der Waals surface area contributed by atoms with Crippen LogP contribution in [0.1, 0.15) is 11.5 Å². The molecule has 10 heteroatoms.